The van der Waals surface area contributed by atoms with Crippen LogP contribution in [0.4, 0.5) is 4.39 Å². The Balaban J connectivity index is 1.61. The normalized spacial score (nSPS) is 11.3. The number of para-hydroxylation sites is 1. The summed E-state index contributed by atoms with van der Waals surface area (Å²) in [5.74, 6) is -1.68. The zero-order valence-corrected chi connectivity index (χ0v) is 15.6. The Morgan fingerprint density at radius 2 is 1.76 bits per heavy atom. The summed E-state index contributed by atoms with van der Waals surface area (Å²) in [5.41, 5.74) is 0.700. The summed E-state index contributed by atoms with van der Waals surface area (Å²) >= 11 is 0. The van der Waals surface area contributed by atoms with Crippen LogP contribution in [0.15, 0.2) is 84.1 Å². The van der Waals surface area contributed by atoms with Crippen LogP contribution in [-0.4, -0.2) is 33.9 Å². The second kappa shape index (κ2) is 7.32. The molecule has 0 aliphatic heterocycles. The molecule has 0 saturated carbocycles. The van der Waals surface area contributed by atoms with Crippen LogP contribution in [0.3, 0.4) is 0 Å². The van der Waals surface area contributed by atoms with Crippen LogP contribution < -0.4 is 4.72 Å². The summed E-state index contributed by atoms with van der Waals surface area (Å²) in [7, 11) is -4.30. The summed E-state index contributed by atoms with van der Waals surface area (Å²) in [6, 6.07) is 15.1. The Morgan fingerprint density at radius 1 is 0.966 bits per heavy atom. The summed E-state index contributed by atoms with van der Waals surface area (Å²) in [6.07, 6.45) is 4.38. The molecule has 29 heavy (non-hydrogen) atoms. The van der Waals surface area contributed by atoms with E-state index in [0.29, 0.717) is 5.69 Å². The largest absolute Gasteiger partial charge is 0.283 e. The van der Waals surface area contributed by atoms with Crippen molar-refractivity contribution in [1.82, 2.24) is 24.3 Å². The van der Waals surface area contributed by atoms with Gasteiger partial charge in [0.25, 0.3) is 15.9 Å². The number of carbonyl (C=O) groups excluding carboxylic acids is 1. The molecule has 146 valence electrons. The maximum atomic E-state index is 14.4. The lowest BCUT2D eigenvalue weighted by Crippen LogP contribution is -2.32. The number of rotatable bonds is 5. The van der Waals surface area contributed by atoms with Crippen molar-refractivity contribution >= 4 is 15.9 Å². The van der Waals surface area contributed by atoms with Gasteiger partial charge in [-0.25, -0.2) is 26.9 Å². The van der Waals surface area contributed by atoms with Crippen LogP contribution in [0.1, 0.15) is 10.5 Å². The Kier molecular flexibility index (Phi) is 4.69. The average Bonchev–Trinajstić information content (AvgIpc) is 3.40. The molecule has 2 aromatic carbocycles. The lowest BCUT2D eigenvalue weighted by molar-refractivity contribution is 0.0974. The minimum absolute atomic E-state index is 0.0217. The number of hydrogen-bond donors (Lipinski definition) is 1. The van der Waals surface area contributed by atoms with Gasteiger partial charge in [-0.3, -0.25) is 4.79 Å². The predicted octanol–water partition coefficient (Wildman–Crippen LogP) is 2.32. The van der Waals surface area contributed by atoms with Gasteiger partial charge in [0.05, 0.1) is 16.8 Å². The number of sulfonamides is 1. The number of amides is 1. The number of hydrogen-bond acceptors (Lipinski definition) is 5. The Hall–Kier alpha value is -3.79. The number of nitrogens with one attached hydrogen (secondary N) is 1. The first kappa shape index (κ1) is 18.6. The number of benzene rings is 2. The maximum Gasteiger partial charge on any atom is 0.283 e. The van der Waals surface area contributed by atoms with E-state index in [-0.39, 0.29) is 16.3 Å². The van der Waals surface area contributed by atoms with Crippen LogP contribution in [-0.2, 0) is 10.0 Å². The van der Waals surface area contributed by atoms with Crippen molar-refractivity contribution in [2.75, 3.05) is 0 Å². The monoisotopic (exact) mass is 411 g/mol. The molecule has 4 rings (SSSR count). The molecule has 2 aromatic heterocycles. The maximum absolute atomic E-state index is 14.4. The zero-order chi connectivity index (χ0) is 20.4. The highest BCUT2D eigenvalue weighted by Crippen LogP contribution is 2.18. The van der Waals surface area contributed by atoms with E-state index in [2.05, 4.69) is 10.2 Å². The van der Waals surface area contributed by atoms with E-state index in [4.69, 9.17) is 0 Å². The third kappa shape index (κ3) is 3.65. The standard InChI is InChI=1S/C19H14FN5O3S/c20-16-13-15(7-8-17(16)24-12-4-10-21-24)29(27,28)23-19(26)18-9-11-22-25(18)14-5-2-1-3-6-14/h1-13H,(H,23,26). The highest BCUT2D eigenvalue weighted by molar-refractivity contribution is 7.90. The molecule has 0 saturated heterocycles. The minimum Gasteiger partial charge on any atom is -0.266 e. The summed E-state index contributed by atoms with van der Waals surface area (Å²) in [4.78, 5) is 12.2. The van der Waals surface area contributed by atoms with Crippen molar-refractivity contribution < 1.29 is 17.6 Å². The van der Waals surface area contributed by atoms with E-state index in [0.717, 1.165) is 6.07 Å². The van der Waals surface area contributed by atoms with Gasteiger partial charge in [-0.2, -0.15) is 10.2 Å². The molecule has 0 radical (unpaired) electrons. The molecule has 0 spiro atoms. The first-order valence-corrected chi connectivity index (χ1v) is 9.90. The zero-order valence-electron chi connectivity index (χ0n) is 14.8. The SMILES string of the molecule is O=C(NS(=O)(=O)c1ccc(-n2cccn2)c(F)c1)c1ccnn1-c1ccccc1. The van der Waals surface area contributed by atoms with Crippen LogP contribution in [0, 0.1) is 5.82 Å². The number of aromatic nitrogens is 4. The summed E-state index contributed by atoms with van der Waals surface area (Å²) < 4.78 is 44.1. The van der Waals surface area contributed by atoms with E-state index in [1.807, 2.05) is 4.72 Å². The van der Waals surface area contributed by atoms with Gasteiger partial charge < -0.3 is 0 Å². The molecule has 0 bridgehead atoms. The molecule has 1 amide bonds. The van der Waals surface area contributed by atoms with Crippen molar-refractivity contribution in [2.24, 2.45) is 0 Å². The van der Waals surface area contributed by atoms with Crippen LogP contribution in [0.5, 0.6) is 0 Å². The van der Waals surface area contributed by atoms with E-state index in [9.17, 15) is 17.6 Å². The van der Waals surface area contributed by atoms with Crippen molar-refractivity contribution in [1.29, 1.82) is 0 Å². The number of carbonyl (C=O) groups is 1. The van der Waals surface area contributed by atoms with Gasteiger partial charge in [-0.15, -0.1) is 0 Å². The molecule has 10 heteroatoms. The molecule has 0 atom stereocenters. The Labute approximate surface area is 165 Å². The van der Waals surface area contributed by atoms with Crippen molar-refractivity contribution in [3.8, 4) is 11.4 Å². The Bertz CT molecular complexity index is 1270. The van der Waals surface area contributed by atoms with Crippen molar-refractivity contribution in [2.45, 2.75) is 4.90 Å². The van der Waals surface area contributed by atoms with Gasteiger partial charge in [0, 0.05) is 12.4 Å². The van der Waals surface area contributed by atoms with Gasteiger partial charge >= 0.3 is 0 Å². The molecule has 1 N–H and O–H groups in total. The lowest BCUT2D eigenvalue weighted by atomic mass is 10.3. The first-order chi connectivity index (χ1) is 14.0. The molecule has 0 fully saturated rings. The van der Waals surface area contributed by atoms with Gasteiger partial charge in [-0.05, 0) is 42.5 Å². The second-order valence-electron chi connectivity index (χ2n) is 5.96. The molecule has 8 nitrogen and oxygen atoms in total. The van der Waals surface area contributed by atoms with Crippen LogP contribution in [0.2, 0.25) is 0 Å². The van der Waals surface area contributed by atoms with E-state index in [1.54, 1.807) is 36.4 Å². The van der Waals surface area contributed by atoms with Gasteiger partial charge in [0.15, 0.2) is 0 Å². The Morgan fingerprint density at radius 3 is 2.45 bits per heavy atom. The summed E-state index contributed by atoms with van der Waals surface area (Å²) in [6.45, 7) is 0. The fourth-order valence-corrected chi connectivity index (χ4v) is 3.71. The molecule has 4 aromatic rings. The van der Waals surface area contributed by atoms with Gasteiger partial charge in [0.2, 0.25) is 0 Å². The van der Waals surface area contributed by atoms with Gasteiger partial charge in [-0.1, -0.05) is 18.2 Å². The fourth-order valence-electron chi connectivity index (χ4n) is 2.74. The topological polar surface area (TPSA) is 98.9 Å². The second-order valence-corrected chi connectivity index (χ2v) is 7.64. The van der Waals surface area contributed by atoms with E-state index >= 15 is 0 Å². The first-order valence-electron chi connectivity index (χ1n) is 8.42. The predicted molar refractivity (Wildman–Crippen MR) is 102 cm³/mol. The van der Waals surface area contributed by atoms with Gasteiger partial charge in [0.1, 0.15) is 17.2 Å². The van der Waals surface area contributed by atoms with Crippen LogP contribution in [0.25, 0.3) is 11.4 Å². The molecular weight excluding hydrogens is 397 g/mol. The number of nitrogens with zero attached hydrogens (tertiary/aromatic N) is 4. The number of halogens is 1. The van der Waals surface area contributed by atoms with Crippen molar-refractivity contribution in [3.05, 3.63) is 90.8 Å². The average molecular weight is 411 g/mol. The lowest BCUT2D eigenvalue weighted by Gasteiger charge is -2.10. The quantitative estimate of drug-likeness (QED) is 0.543. The van der Waals surface area contributed by atoms with Crippen LogP contribution >= 0.6 is 0 Å². The third-order valence-corrected chi connectivity index (χ3v) is 5.41. The smallest absolute Gasteiger partial charge is 0.266 e. The van der Waals surface area contributed by atoms with E-state index < -0.39 is 21.7 Å². The van der Waals surface area contributed by atoms with E-state index in [1.165, 1.54) is 46.2 Å². The van der Waals surface area contributed by atoms with Crippen molar-refractivity contribution in [3.63, 3.8) is 0 Å². The molecule has 0 aliphatic rings. The fraction of sp³-hybridized carbons (Fsp3) is 0. The molecule has 2 heterocycles. The molecule has 0 unspecified atom stereocenters. The third-order valence-electron chi connectivity index (χ3n) is 4.08. The summed E-state index contributed by atoms with van der Waals surface area (Å²) in [5, 5.41) is 7.96. The molecule has 0 aliphatic carbocycles. The highest BCUT2D eigenvalue weighted by Gasteiger charge is 2.23. The highest BCUT2D eigenvalue weighted by atomic mass is 32.2. The minimum atomic E-state index is -4.30. The molecular formula is C19H14FN5O3S.